The van der Waals surface area contributed by atoms with Gasteiger partial charge in [0.1, 0.15) is 11.4 Å². The third-order valence-corrected chi connectivity index (χ3v) is 4.99. The highest BCUT2D eigenvalue weighted by atomic mass is 16.6. The summed E-state index contributed by atoms with van der Waals surface area (Å²) in [5.74, 6) is 0.0124. The van der Waals surface area contributed by atoms with Crippen molar-refractivity contribution in [1.29, 1.82) is 0 Å². The molecule has 1 atom stereocenters. The molecule has 2 aromatic rings. The molecule has 2 aromatic carbocycles. The molecule has 0 unspecified atom stereocenters. The van der Waals surface area contributed by atoms with Crippen molar-refractivity contribution in [2.75, 3.05) is 36.4 Å². The van der Waals surface area contributed by atoms with E-state index in [2.05, 4.69) is 10.2 Å². The number of quaternary nitrogens is 1. The Hall–Kier alpha value is -3.13. The summed E-state index contributed by atoms with van der Waals surface area (Å²) in [6.07, 6.45) is 0. The van der Waals surface area contributed by atoms with Gasteiger partial charge in [0.2, 0.25) is 0 Å². The molecular formula is C19H23N4O4+. The lowest BCUT2D eigenvalue weighted by Crippen LogP contribution is -3.19. The normalized spacial score (nSPS) is 16.0. The van der Waals surface area contributed by atoms with Crippen molar-refractivity contribution in [2.24, 2.45) is 0 Å². The second kappa shape index (κ2) is 8.05. The number of carbonyl (C=O) groups excluding carboxylic acids is 1. The zero-order valence-corrected chi connectivity index (χ0v) is 15.1. The van der Waals surface area contributed by atoms with Gasteiger partial charge in [-0.15, -0.1) is 0 Å². The molecule has 1 amide bonds. The van der Waals surface area contributed by atoms with Gasteiger partial charge in [-0.25, -0.2) is 0 Å². The van der Waals surface area contributed by atoms with E-state index in [-0.39, 0.29) is 29.1 Å². The van der Waals surface area contributed by atoms with Crippen molar-refractivity contribution in [3.63, 3.8) is 0 Å². The number of amides is 1. The average Bonchev–Trinajstić information content (AvgIpc) is 2.68. The van der Waals surface area contributed by atoms with Crippen LogP contribution in [0.2, 0.25) is 0 Å². The molecule has 8 nitrogen and oxygen atoms in total. The Morgan fingerprint density at radius 3 is 2.48 bits per heavy atom. The minimum absolute atomic E-state index is 0.113. The first-order chi connectivity index (χ1) is 13.0. The topological polar surface area (TPSA) is 100 Å². The standard InChI is InChI=1S/C19H22N4O4/c1-14(19(25)20-15-6-2-3-7-16(15)23(26)27)21-10-12-22(13-11-21)17-8-4-5-9-18(17)24/h2-9,14,24H,10-13H2,1H3,(H,20,25)/p+1/t14-/m0/s1. The van der Waals surface area contributed by atoms with E-state index in [1.54, 1.807) is 24.3 Å². The second-order valence-corrected chi connectivity index (χ2v) is 6.62. The number of nitro groups is 1. The number of anilines is 2. The zero-order valence-electron chi connectivity index (χ0n) is 15.1. The van der Waals surface area contributed by atoms with Gasteiger partial charge in [0.15, 0.2) is 6.04 Å². The lowest BCUT2D eigenvalue weighted by atomic mass is 10.1. The smallest absolute Gasteiger partial charge is 0.292 e. The Kier molecular flexibility index (Phi) is 5.56. The van der Waals surface area contributed by atoms with E-state index in [1.165, 1.54) is 12.1 Å². The molecule has 3 N–H and O–H groups in total. The molecule has 1 aliphatic heterocycles. The van der Waals surface area contributed by atoms with Crippen molar-refractivity contribution in [3.05, 3.63) is 58.6 Å². The van der Waals surface area contributed by atoms with E-state index in [0.717, 1.165) is 36.8 Å². The highest BCUT2D eigenvalue weighted by Crippen LogP contribution is 2.26. The Morgan fingerprint density at radius 1 is 1.19 bits per heavy atom. The molecule has 1 heterocycles. The van der Waals surface area contributed by atoms with Crippen molar-refractivity contribution in [1.82, 2.24) is 0 Å². The quantitative estimate of drug-likeness (QED) is 0.539. The maximum absolute atomic E-state index is 12.6. The molecule has 1 saturated heterocycles. The number of hydrogen-bond acceptors (Lipinski definition) is 5. The lowest BCUT2D eigenvalue weighted by molar-refractivity contribution is -0.914. The van der Waals surface area contributed by atoms with Crippen molar-refractivity contribution in [3.8, 4) is 5.75 Å². The van der Waals surface area contributed by atoms with Gasteiger partial charge in [-0.05, 0) is 25.1 Å². The van der Waals surface area contributed by atoms with Crippen LogP contribution >= 0.6 is 0 Å². The largest absolute Gasteiger partial charge is 0.506 e. The molecule has 3 rings (SSSR count). The van der Waals surface area contributed by atoms with E-state index in [9.17, 15) is 20.0 Å². The maximum atomic E-state index is 12.6. The summed E-state index contributed by atoms with van der Waals surface area (Å²) in [6, 6.07) is 13.0. The van der Waals surface area contributed by atoms with Crippen LogP contribution in [0.4, 0.5) is 17.1 Å². The number of aromatic hydroxyl groups is 1. The van der Waals surface area contributed by atoms with E-state index in [1.807, 2.05) is 19.1 Å². The molecule has 142 valence electrons. The molecule has 0 aliphatic carbocycles. The predicted molar refractivity (Wildman–Crippen MR) is 102 cm³/mol. The average molecular weight is 371 g/mol. The van der Waals surface area contributed by atoms with Crippen molar-refractivity contribution >= 4 is 23.0 Å². The van der Waals surface area contributed by atoms with Crippen LogP contribution < -0.4 is 15.1 Å². The number of para-hydroxylation sites is 4. The molecule has 8 heteroatoms. The summed E-state index contributed by atoms with van der Waals surface area (Å²) in [4.78, 5) is 26.4. The van der Waals surface area contributed by atoms with Crippen LogP contribution in [0.5, 0.6) is 5.75 Å². The molecule has 27 heavy (non-hydrogen) atoms. The number of piperazine rings is 1. The van der Waals surface area contributed by atoms with Crippen LogP contribution in [-0.4, -0.2) is 48.2 Å². The first-order valence-electron chi connectivity index (χ1n) is 8.89. The Balaban J connectivity index is 1.61. The fourth-order valence-electron chi connectivity index (χ4n) is 3.36. The fourth-order valence-corrected chi connectivity index (χ4v) is 3.36. The Labute approximate surface area is 157 Å². The minimum Gasteiger partial charge on any atom is -0.506 e. The number of carbonyl (C=O) groups is 1. The molecule has 0 aromatic heterocycles. The number of rotatable bonds is 5. The molecule has 0 radical (unpaired) electrons. The van der Waals surface area contributed by atoms with Crippen LogP contribution in [0.1, 0.15) is 6.92 Å². The summed E-state index contributed by atoms with van der Waals surface area (Å²) in [5, 5.41) is 23.8. The maximum Gasteiger partial charge on any atom is 0.292 e. The molecule has 1 aliphatic rings. The number of phenols is 1. The summed E-state index contributed by atoms with van der Waals surface area (Å²) < 4.78 is 0. The van der Waals surface area contributed by atoms with Gasteiger partial charge in [-0.2, -0.15) is 0 Å². The molecule has 0 saturated carbocycles. The van der Waals surface area contributed by atoms with Gasteiger partial charge in [0.25, 0.3) is 11.6 Å². The summed E-state index contributed by atoms with van der Waals surface area (Å²) >= 11 is 0. The highest BCUT2D eigenvalue weighted by Gasteiger charge is 2.30. The number of nitrogens with zero attached hydrogens (tertiary/aromatic N) is 2. The zero-order chi connectivity index (χ0) is 19.4. The number of hydrogen-bond donors (Lipinski definition) is 3. The van der Waals surface area contributed by atoms with Crippen LogP contribution in [0.15, 0.2) is 48.5 Å². The Morgan fingerprint density at radius 2 is 1.81 bits per heavy atom. The highest BCUT2D eigenvalue weighted by molar-refractivity contribution is 5.95. The summed E-state index contributed by atoms with van der Waals surface area (Å²) in [5.41, 5.74) is 0.901. The van der Waals surface area contributed by atoms with Crippen LogP contribution in [-0.2, 0) is 4.79 Å². The van der Waals surface area contributed by atoms with Gasteiger partial charge in [-0.1, -0.05) is 24.3 Å². The van der Waals surface area contributed by atoms with Crippen molar-refractivity contribution < 1.29 is 19.7 Å². The fraction of sp³-hybridized carbons (Fsp3) is 0.316. The lowest BCUT2D eigenvalue weighted by Gasteiger charge is -2.36. The SMILES string of the molecule is C[C@@H](C(=O)Nc1ccccc1[N+](=O)[O-])[NH+]1CCN(c2ccccc2O)CC1. The van der Waals surface area contributed by atoms with Crippen molar-refractivity contribution in [2.45, 2.75) is 13.0 Å². The van der Waals surface area contributed by atoms with Crippen LogP contribution in [0, 0.1) is 10.1 Å². The van der Waals surface area contributed by atoms with Gasteiger partial charge in [-0.3, -0.25) is 14.9 Å². The minimum atomic E-state index is -0.502. The van der Waals surface area contributed by atoms with Gasteiger partial charge in [0.05, 0.1) is 36.8 Å². The second-order valence-electron chi connectivity index (χ2n) is 6.62. The number of benzene rings is 2. The van der Waals surface area contributed by atoms with Gasteiger partial charge < -0.3 is 20.2 Å². The van der Waals surface area contributed by atoms with E-state index >= 15 is 0 Å². The predicted octanol–water partition coefficient (Wildman–Crippen LogP) is 1.03. The third kappa shape index (κ3) is 4.17. The van der Waals surface area contributed by atoms with E-state index < -0.39 is 4.92 Å². The first-order valence-corrected chi connectivity index (χ1v) is 8.89. The van der Waals surface area contributed by atoms with Crippen LogP contribution in [0.3, 0.4) is 0 Å². The van der Waals surface area contributed by atoms with Crippen LogP contribution in [0.25, 0.3) is 0 Å². The third-order valence-electron chi connectivity index (χ3n) is 4.99. The first kappa shape index (κ1) is 18.7. The molecule has 0 bridgehead atoms. The number of nitro benzene ring substituents is 1. The number of phenolic OH excluding ortho intramolecular Hbond substituents is 1. The Bertz CT molecular complexity index is 834. The molecular weight excluding hydrogens is 348 g/mol. The molecule has 1 fully saturated rings. The van der Waals surface area contributed by atoms with E-state index in [0.29, 0.717) is 0 Å². The summed E-state index contributed by atoms with van der Waals surface area (Å²) in [7, 11) is 0. The molecule has 0 spiro atoms. The van der Waals surface area contributed by atoms with Gasteiger partial charge in [0, 0.05) is 6.07 Å². The summed E-state index contributed by atoms with van der Waals surface area (Å²) in [6.45, 7) is 4.74. The number of nitrogens with one attached hydrogen (secondary N) is 2. The van der Waals surface area contributed by atoms with E-state index in [4.69, 9.17) is 0 Å². The van der Waals surface area contributed by atoms with Gasteiger partial charge >= 0.3 is 0 Å². The monoisotopic (exact) mass is 371 g/mol.